The number of methoxy groups -OCH3 is 1. The van der Waals surface area contributed by atoms with Gasteiger partial charge in [-0.1, -0.05) is 0 Å². The van der Waals surface area contributed by atoms with Gasteiger partial charge in [0.05, 0.1) is 13.2 Å². The van der Waals surface area contributed by atoms with Gasteiger partial charge in [0.15, 0.2) is 6.10 Å². The molecule has 4 nitrogen and oxygen atoms in total. The Bertz CT molecular complexity index is 154. The van der Waals surface area contributed by atoms with Gasteiger partial charge in [-0.25, -0.2) is 4.79 Å². The first-order valence-electron chi connectivity index (χ1n) is 3.68. The lowest BCUT2D eigenvalue weighted by Gasteiger charge is -2.26. The van der Waals surface area contributed by atoms with Crippen molar-refractivity contribution < 1.29 is 14.3 Å². The lowest BCUT2D eigenvalue weighted by atomic mass is 10.2. The second kappa shape index (κ2) is 5.35. The Kier molecular flexibility index (Phi) is 5.20. The molecular formula is C7H14ClNO3. The minimum atomic E-state index is -0.427. The molecule has 0 unspecified atom stereocenters. The van der Waals surface area contributed by atoms with Gasteiger partial charge in [0.25, 0.3) is 0 Å². The van der Waals surface area contributed by atoms with Crippen molar-refractivity contribution in [1.29, 1.82) is 0 Å². The zero-order chi connectivity index (χ0) is 8.27. The first kappa shape index (κ1) is 11.7. The molecular weight excluding hydrogens is 182 g/mol. The molecule has 0 aromatic rings. The van der Waals surface area contributed by atoms with Gasteiger partial charge in [0.1, 0.15) is 0 Å². The summed E-state index contributed by atoms with van der Waals surface area (Å²) in [6.07, 6.45) is -0.336. The van der Waals surface area contributed by atoms with Crippen molar-refractivity contribution in [2.75, 3.05) is 20.2 Å². The Morgan fingerprint density at radius 1 is 1.58 bits per heavy atom. The number of ether oxygens (including phenoxy) is 2. The van der Waals surface area contributed by atoms with Crippen LogP contribution in [0.4, 0.5) is 0 Å². The number of carbonyl (C=O) groups excluding carboxylic acids is 1. The standard InChI is InChI=1S/C7H13NO3.ClH/c1-5-3-8-4-6(11-5)7(9)10-2;/h5-6,8H,3-4H2,1-2H3;1H/t5-,6+;/m0./s1. The maximum absolute atomic E-state index is 10.9. The van der Waals surface area contributed by atoms with Crippen LogP contribution in [0.1, 0.15) is 6.92 Å². The summed E-state index contributed by atoms with van der Waals surface area (Å²) in [5.41, 5.74) is 0. The number of esters is 1. The summed E-state index contributed by atoms with van der Waals surface area (Å²) in [4.78, 5) is 10.9. The fraction of sp³-hybridized carbons (Fsp3) is 0.857. The largest absolute Gasteiger partial charge is 0.467 e. The Morgan fingerprint density at radius 2 is 2.25 bits per heavy atom. The molecule has 5 heteroatoms. The maximum Gasteiger partial charge on any atom is 0.336 e. The third-order valence-electron chi connectivity index (χ3n) is 1.62. The van der Waals surface area contributed by atoms with Crippen molar-refractivity contribution in [1.82, 2.24) is 5.32 Å². The quantitative estimate of drug-likeness (QED) is 0.597. The topological polar surface area (TPSA) is 47.6 Å². The van der Waals surface area contributed by atoms with Crippen LogP contribution in [0.5, 0.6) is 0 Å². The molecule has 12 heavy (non-hydrogen) atoms. The molecule has 0 aromatic carbocycles. The van der Waals surface area contributed by atoms with Crippen LogP contribution >= 0.6 is 12.4 Å². The lowest BCUT2D eigenvalue weighted by Crippen LogP contribution is -2.47. The monoisotopic (exact) mass is 195 g/mol. The summed E-state index contributed by atoms with van der Waals surface area (Å²) < 4.78 is 9.84. The van der Waals surface area contributed by atoms with Crippen LogP contribution in [0.3, 0.4) is 0 Å². The molecule has 0 radical (unpaired) electrons. The normalized spacial score (nSPS) is 28.8. The first-order valence-corrected chi connectivity index (χ1v) is 3.68. The minimum Gasteiger partial charge on any atom is -0.467 e. The van der Waals surface area contributed by atoms with E-state index < -0.39 is 6.10 Å². The molecule has 0 aromatic heterocycles. The molecule has 1 N–H and O–H groups in total. The summed E-state index contributed by atoms with van der Waals surface area (Å²) in [5, 5.41) is 3.07. The van der Waals surface area contributed by atoms with Crippen molar-refractivity contribution in [3.63, 3.8) is 0 Å². The molecule has 1 heterocycles. The van der Waals surface area contributed by atoms with E-state index in [0.29, 0.717) is 6.54 Å². The van der Waals surface area contributed by atoms with Crippen LogP contribution in [0, 0.1) is 0 Å². The van der Waals surface area contributed by atoms with E-state index in [1.54, 1.807) is 0 Å². The van der Waals surface area contributed by atoms with E-state index in [9.17, 15) is 4.79 Å². The van der Waals surface area contributed by atoms with Crippen molar-refractivity contribution in [2.24, 2.45) is 0 Å². The molecule has 0 aliphatic carbocycles. The molecule has 1 saturated heterocycles. The Balaban J connectivity index is 0.00000121. The third-order valence-corrected chi connectivity index (χ3v) is 1.62. The number of hydrogen-bond donors (Lipinski definition) is 1. The summed E-state index contributed by atoms with van der Waals surface area (Å²) in [5.74, 6) is -0.302. The van der Waals surface area contributed by atoms with Gasteiger partial charge < -0.3 is 14.8 Å². The number of carbonyl (C=O) groups is 1. The highest BCUT2D eigenvalue weighted by Gasteiger charge is 2.25. The van der Waals surface area contributed by atoms with E-state index in [1.807, 2.05) is 6.92 Å². The number of nitrogens with one attached hydrogen (secondary N) is 1. The zero-order valence-electron chi connectivity index (χ0n) is 7.20. The van der Waals surface area contributed by atoms with E-state index in [2.05, 4.69) is 10.1 Å². The fourth-order valence-electron chi connectivity index (χ4n) is 1.06. The van der Waals surface area contributed by atoms with E-state index in [-0.39, 0.29) is 24.5 Å². The summed E-state index contributed by atoms with van der Waals surface area (Å²) in [7, 11) is 1.37. The fourth-order valence-corrected chi connectivity index (χ4v) is 1.06. The molecule has 0 bridgehead atoms. The SMILES string of the molecule is COC(=O)[C@H]1CNC[C@H](C)O1.Cl. The molecule has 1 aliphatic heterocycles. The number of hydrogen-bond acceptors (Lipinski definition) is 4. The van der Waals surface area contributed by atoms with Gasteiger partial charge in [-0.2, -0.15) is 0 Å². The third kappa shape index (κ3) is 2.97. The van der Waals surface area contributed by atoms with Gasteiger partial charge in [0, 0.05) is 13.1 Å². The molecule has 1 rings (SSSR count). The number of halogens is 1. The highest BCUT2D eigenvalue weighted by atomic mass is 35.5. The van der Waals surface area contributed by atoms with E-state index in [1.165, 1.54) is 7.11 Å². The second-order valence-corrected chi connectivity index (χ2v) is 2.62. The maximum atomic E-state index is 10.9. The summed E-state index contributed by atoms with van der Waals surface area (Å²) >= 11 is 0. The summed E-state index contributed by atoms with van der Waals surface area (Å²) in [6.45, 7) is 3.27. The van der Waals surface area contributed by atoms with Crippen molar-refractivity contribution in [3.05, 3.63) is 0 Å². The number of rotatable bonds is 1. The summed E-state index contributed by atoms with van der Waals surface area (Å²) in [6, 6.07) is 0. The molecule has 0 saturated carbocycles. The van der Waals surface area contributed by atoms with Crippen molar-refractivity contribution in [2.45, 2.75) is 19.1 Å². The highest BCUT2D eigenvalue weighted by molar-refractivity contribution is 5.85. The van der Waals surface area contributed by atoms with Crippen LogP contribution in [-0.2, 0) is 14.3 Å². The first-order chi connectivity index (χ1) is 5.24. The molecule has 0 amide bonds. The minimum absolute atomic E-state index is 0. The van der Waals surface area contributed by atoms with Crippen molar-refractivity contribution >= 4 is 18.4 Å². The average molecular weight is 196 g/mol. The van der Waals surface area contributed by atoms with Crippen LogP contribution in [-0.4, -0.2) is 38.4 Å². The Hall–Kier alpha value is -0.320. The van der Waals surface area contributed by atoms with Gasteiger partial charge in [-0.05, 0) is 6.92 Å². The molecule has 1 aliphatic rings. The van der Waals surface area contributed by atoms with Gasteiger partial charge in [-0.3, -0.25) is 0 Å². The Labute approximate surface area is 78.0 Å². The number of morpholine rings is 1. The van der Waals surface area contributed by atoms with Gasteiger partial charge in [0.2, 0.25) is 0 Å². The molecule has 1 fully saturated rings. The highest BCUT2D eigenvalue weighted by Crippen LogP contribution is 2.03. The van der Waals surface area contributed by atoms with E-state index in [4.69, 9.17) is 4.74 Å². The predicted molar refractivity (Wildman–Crippen MR) is 46.5 cm³/mol. The van der Waals surface area contributed by atoms with Crippen LogP contribution in [0.25, 0.3) is 0 Å². The predicted octanol–water partition coefficient (Wildman–Crippen LogP) is -0.0419. The molecule has 2 atom stereocenters. The van der Waals surface area contributed by atoms with Crippen LogP contribution < -0.4 is 5.32 Å². The van der Waals surface area contributed by atoms with Gasteiger partial charge >= 0.3 is 5.97 Å². The van der Waals surface area contributed by atoms with E-state index in [0.717, 1.165) is 6.54 Å². The molecule has 72 valence electrons. The van der Waals surface area contributed by atoms with Gasteiger partial charge in [-0.15, -0.1) is 12.4 Å². The van der Waals surface area contributed by atoms with E-state index >= 15 is 0 Å². The Morgan fingerprint density at radius 3 is 2.75 bits per heavy atom. The average Bonchev–Trinajstić information content (AvgIpc) is 2.03. The second-order valence-electron chi connectivity index (χ2n) is 2.62. The van der Waals surface area contributed by atoms with Crippen molar-refractivity contribution in [3.8, 4) is 0 Å². The smallest absolute Gasteiger partial charge is 0.336 e. The van der Waals surface area contributed by atoms with Crippen LogP contribution in [0.2, 0.25) is 0 Å². The molecule has 0 spiro atoms. The lowest BCUT2D eigenvalue weighted by molar-refractivity contribution is -0.159. The zero-order valence-corrected chi connectivity index (χ0v) is 8.02. The van der Waals surface area contributed by atoms with Crippen LogP contribution in [0.15, 0.2) is 0 Å².